The maximum atomic E-state index is 13.5. The number of hydrogen-bond acceptors (Lipinski definition) is 4. The number of fused-ring (bicyclic) bond motifs is 1. The van der Waals surface area contributed by atoms with Crippen LogP contribution in [0.2, 0.25) is 5.02 Å². The van der Waals surface area contributed by atoms with E-state index in [-0.39, 0.29) is 30.3 Å². The van der Waals surface area contributed by atoms with E-state index >= 15 is 0 Å². The lowest BCUT2D eigenvalue weighted by molar-refractivity contribution is -0.143. The fourth-order valence-electron chi connectivity index (χ4n) is 4.34. The van der Waals surface area contributed by atoms with Crippen molar-refractivity contribution < 1.29 is 14.3 Å². The molecular formula is C26H33ClN2O3S. The summed E-state index contributed by atoms with van der Waals surface area (Å²) >= 11 is 7.89. The molecule has 2 atom stereocenters. The highest BCUT2D eigenvalue weighted by molar-refractivity contribution is 7.10. The Morgan fingerprint density at radius 2 is 2.09 bits per heavy atom. The molecule has 2 amide bonds. The van der Waals surface area contributed by atoms with Crippen molar-refractivity contribution in [3.05, 3.63) is 50.7 Å². The van der Waals surface area contributed by atoms with Crippen molar-refractivity contribution in [2.75, 3.05) is 26.2 Å². The van der Waals surface area contributed by atoms with Crippen molar-refractivity contribution in [2.45, 2.75) is 52.5 Å². The monoisotopic (exact) mass is 488 g/mol. The van der Waals surface area contributed by atoms with Crippen LogP contribution in [-0.2, 0) is 16.0 Å². The van der Waals surface area contributed by atoms with Crippen molar-refractivity contribution in [1.29, 1.82) is 0 Å². The average molecular weight is 489 g/mol. The molecule has 2 aromatic rings. The molecular weight excluding hydrogens is 456 g/mol. The number of halogens is 1. The summed E-state index contributed by atoms with van der Waals surface area (Å²) in [5.74, 6) is 1.37. The maximum Gasteiger partial charge on any atom is 0.242 e. The molecule has 0 saturated heterocycles. The summed E-state index contributed by atoms with van der Waals surface area (Å²) in [5, 5.41) is 2.79. The van der Waals surface area contributed by atoms with Gasteiger partial charge in [-0.2, -0.15) is 0 Å². The molecule has 0 N–H and O–H groups in total. The molecule has 1 fully saturated rings. The molecule has 2 aliphatic rings. The van der Waals surface area contributed by atoms with Crippen molar-refractivity contribution in [3.63, 3.8) is 0 Å². The van der Waals surface area contributed by atoms with E-state index in [0.29, 0.717) is 30.6 Å². The summed E-state index contributed by atoms with van der Waals surface area (Å²) in [6, 6.07) is 7.56. The zero-order valence-corrected chi connectivity index (χ0v) is 21.3. The number of thiophene rings is 1. The topological polar surface area (TPSA) is 49.9 Å². The van der Waals surface area contributed by atoms with E-state index in [4.69, 9.17) is 16.3 Å². The number of rotatable bonds is 9. The van der Waals surface area contributed by atoms with Crippen LogP contribution in [0.4, 0.5) is 0 Å². The minimum atomic E-state index is -0.162. The van der Waals surface area contributed by atoms with E-state index in [1.807, 2.05) is 30.0 Å². The highest BCUT2D eigenvalue weighted by Gasteiger charge is 2.37. The van der Waals surface area contributed by atoms with Crippen molar-refractivity contribution >= 4 is 34.8 Å². The number of carbonyl (C=O) groups excluding carboxylic acids is 2. The normalized spacial score (nSPS) is 18.5. The second-order valence-electron chi connectivity index (χ2n) is 9.38. The predicted molar refractivity (Wildman–Crippen MR) is 133 cm³/mol. The van der Waals surface area contributed by atoms with Crippen molar-refractivity contribution in [1.82, 2.24) is 9.80 Å². The Hall–Kier alpha value is -2.05. The maximum absolute atomic E-state index is 13.5. The molecule has 0 bridgehead atoms. The summed E-state index contributed by atoms with van der Waals surface area (Å²) in [4.78, 5) is 31.5. The minimum absolute atomic E-state index is 0.00467. The van der Waals surface area contributed by atoms with Crippen LogP contribution in [0.1, 0.15) is 55.2 Å². The number of benzene rings is 1. The first-order valence-corrected chi connectivity index (χ1v) is 13.2. The van der Waals surface area contributed by atoms with Gasteiger partial charge < -0.3 is 14.5 Å². The summed E-state index contributed by atoms with van der Waals surface area (Å²) in [6.45, 7) is 8.02. The van der Waals surface area contributed by atoms with Gasteiger partial charge in [0.25, 0.3) is 0 Å². The fourth-order valence-corrected chi connectivity index (χ4v) is 5.38. The fraction of sp³-hybridized carbons (Fsp3) is 0.538. The molecule has 0 unspecified atom stereocenters. The van der Waals surface area contributed by atoms with E-state index in [0.717, 1.165) is 42.6 Å². The largest absolute Gasteiger partial charge is 0.491 e. The van der Waals surface area contributed by atoms with Crippen LogP contribution >= 0.6 is 22.9 Å². The van der Waals surface area contributed by atoms with E-state index in [1.54, 1.807) is 16.2 Å². The molecule has 33 heavy (non-hydrogen) atoms. The quantitative estimate of drug-likeness (QED) is 0.468. The van der Waals surface area contributed by atoms with Gasteiger partial charge in [-0.3, -0.25) is 9.59 Å². The molecule has 0 radical (unpaired) electrons. The van der Waals surface area contributed by atoms with Gasteiger partial charge in [0.15, 0.2) is 0 Å². The first-order chi connectivity index (χ1) is 15.9. The van der Waals surface area contributed by atoms with Gasteiger partial charge in [0.1, 0.15) is 12.4 Å². The molecule has 2 heterocycles. The Morgan fingerprint density at radius 3 is 2.79 bits per heavy atom. The van der Waals surface area contributed by atoms with E-state index in [2.05, 4.69) is 25.3 Å². The number of hydrogen-bond donors (Lipinski definition) is 0. The van der Waals surface area contributed by atoms with Crippen LogP contribution in [0, 0.1) is 18.8 Å². The Bertz CT molecular complexity index is 1000. The molecule has 178 valence electrons. The van der Waals surface area contributed by atoms with Crippen LogP contribution in [0.15, 0.2) is 29.6 Å². The highest BCUT2D eigenvalue weighted by Crippen LogP contribution is 2.35. The lowest BCUT2D eigenvalue weighted by Gasteiger charge is -2.37. The van der Waals surface area contributed by atoms with Gasteiger partial charge in [-0.15, -0.1) is 11.3 Å². The molecule has 1 aliphatic heterocycles. The summed E-state index contributed by atoms with van der Waals surface area (Å²) in [5.41, 5.74) is 2.12. The zero-order valence-electron chi connectivity index (χ0n) is 19.7. The van der Waals surface area contributed by atoms with Gasteiger partial charge in [-0.05, 0) is 72.9 Å². The Balaban J connectivity index is 1.50. The van der Waals surface area contributed by atoms with Gasteiger partial charge in [0.2, 0.25) is 11.8 Å². The lowest BCUT2D eigenvalue weighted by Crippen LogP contribution is -2.48. The van der Waals surface area contributed by atoms with Gasteiger partial charge in [-0.1, -0.05) is 31.9 Å². The van der Waals surface area contributed by atoms with Gasteiger partial charge in [-0.25, -0.2) is 0 Å². The standard InChI is InChI=1S/C26H33ClN2O3S/c1-4-17(2)14-28(26(31)19-5-6-19)15-25(30)29-11-9-24-21(10-12-33-24)23(29)16-32-20-7-8-22(27)18(3)13-20/h7-8,10,12-13,17,19,23H,4-6,9,11,14-16H2,1-3H3/t17-,23+/m1/s1. The Labute approximate surface area is 205 Å². The molecule has 1 aromatic heterocycles. The molecule has 1 saturated carbocycles. The average Bonchev–Trinajstić information content (AvgIpc) is 3.55. The first kappa shape index (κ1) is 24.1. The summed E-state index contributed by atoms with van der Waals surface area (Å²) in [6.07, 6.45) is 3.73. The molecule has 7 heteroatoms. The number of nitrogens with zero attached hydrogens (tertiary/aromatic N) is 2. The summed E-state index contributed by atoms with van der Waals surface area (Å²) < 4.78 is 6.14. The first-order valence-electron chi connectivity index (χ1n) is 11.9. The minimum Gasteiger partial charge on any atom is -0.491 e. The Kier molecular flexibility index (Phi) is 7.65. The van der Waals surface area contributed by atoms with Crippen LogP contribution in [-0.4, -0.2) is 47.9 Å². The van der Waals surface area contributed by atoms with Crippen LogP contribution in [0.5, 0.6) is 5.75 Å². The van der Waals surface area contributed by atoms with Crippen LogP contribution in [0.25, 0.3) is 0 Å². The third-order valence-corrected chi connectivity index (χ3v) is 8.17. The molecule has 5 nitrogen and oxygen atoms in total. The molecule has 0 spiro atoms. The van der Waals surface area contributed by atoms with Crippen molar-refractivity contribution in [3.8, 4) is 5.75 Å². The second kappa shape index (κ2) is 10.5. The van der Waals surface area contributed by atoms with Gasteiger partial charge in [0.05, 0.1) is 12.6 Å². The third kappa shape index (κ3) is 5.72. The molecule has 1 aliphatic carbocycles. The smallest absolute Gasteiger partial charge is 0.242 e. The Morgan fingerprint density at radius 1 is 1.30 bits per heavy atom. The molecule has 1 aromatic carbocycles. The van der Waals surface area contributed by atoms with E-state index in [9.17, 15) is 9.59 Å². The predicted octanol–water partition coefficient (Wildman–Crippen LogP) is 5.50. The van der Waals surface area contributed by atoms with E-state index in [1.165, 1.54) is 4.88 Å². The number of carbonyl (C=O) groups is 2. The second-order valence-corrected chi connectivity index (χ2v) is 10.8. The third-order valence-electron chi connectivity index (χ3n) is 6.75. The number of ether oxygens (including phenoxy) is 1. The van der Waals surface area contributed by atoms with Crippen LogP contribution in [0.3, 0.4) is 0 Å². The zero-order chi connectivity index (χ0) is 23.5. The van der Waals surface area contributed by atoms with Gasteiger partial charge >= 0.3 is 0 Å². The SMILES string of the molecule is CC[C@@H](C)CN(CC(=O)N1CCc2sccc2[C@@H]1COc1ccc(Cl)c(C)c1)C(=O)C1CC1. The molecule has 4 rings (SSSR count). The highest BCUT2D eigenvalue weighted by atomic mass is 35.5. The van der Waals surface area contributed by atoms with E-state index < -0.39 is 0 Å². The van der Waals surface area contributed by atoms with Crippen molar-refractivity contribution in [2.24, 2.45) is 11.8 Å². The lowest BCUT2D eigenvalue weighted by atomic mass is 10.00. The number of aryl methyl sites for hydroxylation is 1. The van der Waals surface area contributed by atoms with Gasteiger partial charge in [0, 0.05) is 28.9 Å². The van der Waals surface area contributed by atoms with Crippen LogP contribution < -0.4 is 4.74 Å². The summed E-state index contributed by atoms with van der Waals surface area (Å²) in [7, 11) is 0. The number of amides is 2.